The maximum absolute atomic E-state index is 5.84. The summed E-state index contributed by atoms with van der Waals surface area (Å²) in [7, 11) is 2.04. The van der Waals surface area contributed by atoms with E-state index in [0.717, 1.165) is 24.8 Å². The highest BCUT2D eigenvalue weighted by Gasteiger charge is 2.21. The standard InChI is InChI=1S/C19H32N2O/c1-3-4-5-6-7-14-22-19-10-8-18(9-11-19)21-13-12-17(16-21)15-20-2/h8-11,17,20H,3-7,12-16H2,1-2H3. The number of nitrogens with one attached hydrogen (secondary N) is 1. The first-order valence-electron chi connectivity index (χ1n) is 8.96. The molecule has 1 N–H and O–H groups in total. The third kappa shape index (κ3) is 5.53. The molecule has 124 valence electrons. The Balaban J connectivity index is 1.69. The lowest BCUT2D eigenvalue weighted by Gasteiger charge is -2.19. The van der Waals surface area contributed by atoms with Gasteiger partial charge in [0.15, 0.2) is 0 Å². The van der Waals surface area contributed by atoms with Crippen molar-refractivity contribution in [2.45, 2.75) is 45.4 Å². The molecule has 1 aliphatic rings. The van der Waals surface area contributed by atoms with Gasteiger partial charge in [0.2, 0.25) is 0 Å². The number of hydrogen-bond donors (Lipinski definition) is 1. The quantitative estimate of drug-likeness (QED) is 0.659. The average Bonchev–Trinajstić information content (AvgIpc) is 3.00. The second kappa shape index (κ2) is 9.73. The average molecular weight is 304 g/mol. The van der Waals surface area contributed by atoms with Crippen molar-refractivity contribution >= 4 is 5.69 Å². The fourth-order valence-electron chi connectivity index (χ4n) is 3.17. The molecule has 0 saturated carbocycles. The zero-order chi connectivity index (χ0) is 15.6. The van der Waals surface area contributed by atoms with Gasteiger partial charge in [-0.15, -0.1) is 0 Å². The Labute approximate surface area is 136 Å². The first-order valence-corrected chi connectivity index (χ1v) is 8.96. The van der Waals surface area contributed by atoms with Gasteiger partial charge in [-0.3, -0.25) is 0 Å². The Kier molecular flexibility index (Phi) is 7.58. The van der Waals surface area contributed by atoms with Crippen LogP contribution in [0.2, 0.25) is 0 Å². The van der Waals surface area contributed by atoms with Crippen LogP contribution >= 0.6 is 0 Å². The van der Waals surface area contributed by atoms with Gasteiger partial charge in [0.25, 0.3) is 0 Å². The molecule has 0 amide bonds. The highest BCUT2D eigenvalue weighted by atomic mass is 16.5. The number of benzene rings is 1. The van der Waals surface area contributed by atoms with Crippen LogP contribution in [0.4, 0.5) is 5.69 Å². The summed E-state index contributed by atoms with van der Waals surface area (Å²) in [6.45, 7) is 6.55. The van der Waals surface area contributed by atoms with Gasteiger partial charge in [-0.05, 0) is 56.6 Å². The summed E-state index contributed by atoms with van der Waals surface area (Å²) < 4.78 is 5.84. The van der Waals surface area contributed by atoms with Crippen molar-refractivity contribution in [2.24, 2.45) is 5.92 Å². The number of ether oxygens (including phenoxy) is 1. The third-order valence-corrected chi connectivity index (χ3v) is 4.50. The van der Waals surface area contributed by atoms with Crippen LogP contribution in [0.3, 0.4) is 0 Å². The van der Waals surface area contributed by atoms with Crippen LogP contribution in [-0.4, -0.2) is 33.3 Å². The van der Waals surface area contributed by atoms with Gasteiger partial charge in [0.05, 0.1) is 6.61 Å². The van der Waals surface area contributed by atoms with E-state index < -0.39 is 0 Å². The van der Waals surface area contributed by atoms with Crippen molar-refractivity contribution in [3.05, 3.63) is 24.3 Å². The Hall–Kier alpha value is -1.22. The predicted molar refractivity (Wildman–Crippen MR) is 94.9 cm³/mol. The molecule has 0 radical (unpaired) electrons. The van der Waals surface area contributed by atoms with Gasteiger partial charge in [-0.25, -0.2) is 0 Å². The molecule has 3 nitrogen and oxygen atoms in total. The van der Waals surface area contributed by atoms with Gasteiger partial charge in [-0.1, -0.05) is 32.6 Å². The van der Waals surface area contributed by atoms with Crippen molar-refractivity contribution < 1.29 is 4.74 Å². The molecular weight excluding hydrogens is 272 g/mol. The van der Waals surface area contributed by atoms with Gasteiger partial charge in [-0.2, -0.15) is 0 Å². The molecule has 0 bridgehead atoms. The highest BCUT2D eigenvalue weighted by molar-refractivity contribution is 5.49. The highest BCUT2D eigenvalue weighted by Crippen LogP contribution is 2.25. The molecule has 22 heavy (non-hydrogen) atoms. The Morgan fingerprint density at radius 3 is 2.64 bits per heavy atom. The summed E-state index contributed by atoms with van der Waals surface area (Å²) in [5, 5.41) is 3.29. The van der Waals surface area contributed by atoms with E-state index in [9.17, 15) is 0 Å². The van der Waals surface area contributed by atoms with E-state index in [1.807, 2.05) is 7.05 Å². The molecular formula is C19H32N2O. The van der Waals surface area contributed by atoms with Gasteiger partial charge < -0.3 is 15.0 Å². The maximum Gasteiger partial charge on any atom is 0.119 e. The lowest BCUT2D eigenvalue weighted by atomic mass is 10.1. The fraction of sp³-hybridized carbons (Fsp3) is 0.684. The van der Waals surface area contributed by atoms with Crippen LogP contribution in [0.15, 0.2) is 24.3 Å². The Morgan fingerprint density at radius 1 is 1.14 bits per heavy atom. The molecule has 1 unspecified atom stereocenters. The summed E-state index contributed by atoms with van der Waals surface area (Å²) >= 11 is 0. The summed E-state index contributed by atoms with van der Waals surface area (Å²) in [5.74, 6) is 1.79. The molecule has 3 heteroatoms. The lowest BCUT2D eigenvalue weighted by Crippen LogP contribution is -2.24. The van der Waals surface area contributed by atoms with Crippen molar-refractivity contribution in [1.29, 1.82) is 0 Å². The third-order valence-electron chi connectivity index (χ3n) is 4.50. The van der Waals surface area contributed by atoms with Crippen LogP contribution in [0.25, 0.3) is 0 Å². The zero-order valence-corrected chi connectivity index (χ0v) is 14.3. The minimum atomic E-state index is 0.782. The van der Waals surface area contributed by atoms with E-state index in [0.29, 0.717) is 0 Å². The van der Waals surface area contributed by atoms with Crippen molar-refractivity contribution in [3.63, 3.8) is 0 Å². The van der Waals surface area contributed by atoms with Crippen LogP contribution in [0.1, 0.15) is 45.4 Å². The minimum absolute atomic E-state index is 0.782. The summed E-state index contributed by atoms with van der Waals surface area (Å²) in [6.07, 6.45) is 7.72. The second-order valence-electron chi connectivity index (χ2n) is 6.41. The predicted octanol–water partition coefficient (Wildman–Crippen LogP) is 4.08. The van der Waals surface area contributed by atoms with E-state index >= 15 is 0 Å². The number of nitrogens with zero attached hydrogens (tertiary/aromatic N) is 1. The number of anilines is 1. The minimum Gasteiger partial charge on any atom is -0.494 e. The van der Waals surface area contributed by atoms with Gasteiger partial charge in [0, 0.05) is 18.8 Å². The van der Waals surface area contributed by atoms with Crippen LogP contribution in [0, 0.1) is 5.92 Å². The molecule has 0 aromatic heterocycles. The maximum atomic E-state index is 5.84. The van der Waals surface area contributed by atoms with Crippen molar-refractivity contribution in [1.82, 2.24) is 5.32 Å². The smallest absolute Gasteiger partial charge is 0.119 e. The number of unbranched alkanes of at least 4 members (excludes halogenated alkanes) is 4. The summed E-state index contributed by atoms with van der Waals surface area (Å²) in [5.41, 5.74) is 1.33. The molecule has 1 fully saturated rings. The molecule has 1 aromatic rings. The fourth-order valence-corrected chi connectivity index (χ4v) is 3.17. The molecule has 1 saturated heterocycles. The van der Waals surface area contributed by atoms with Crippen molar-refractivity contribution in [2.75, 3.05) is 38.2 Å². The molecule has 2 rings (SSSR count). The molecule has 1 heterocycles. The van der Waals surface area contributed by atoms with Crippen LogP contribution < -0.4 is 15.0 Å². The molecule has 1 aromatic carbocycles. The second-order valence-corrected chi connectivity index (χ2v) is 6.41. The van der Waals surface area contributed by atoms with E-state index in [2.05, 4.69) is 41.4 Å². The van der Waals surface area contributed by atoms with Crippen molar-refractivity contribution in [3.8, 4) is 5.75 Å². The topological polar surface area (TPSA) is 24.5 Å². The van der Waals surface area contributed by atoms with E-state index in [4.69, 9.17) is 4.74 Å². The van der Waals surface area contributed by atoms with Gasteiger partial charge >= 0.3 is 0 Å². The monoisotopic (exact) mass is 304 g/mol. The largest absolute Gasteiger partial charge is 0.494 e. The number of hydrogen-bond acceptors (Lipinski definition) is 3. The molecule has 1 atom stereocenters. The first-order chi connectivity index (χ1) is 10.8. The SMILES string of the molecule is CCCCCCCOc1ccc(N2CCC(CNC)C2)cc1. The van der Waals surface area contributed by atoms with Gasteiger partial charge in [0.1, 0.15) is 5.75 Å². The van der Waals surface area contributed by atoms with Crippen LogP contribution in [0.5, 0.6) is 5.75 Å². The Bertz CT molecular complexity index is 404. The molecule has 1 aliphatic heterocycles. The molecule has 0 aliphatic carbocycles. The van der Waals surface area contributed by atoms with E-state index in [-0.39, 0.29) is 0 Å². The summed E-state index contributed by atoms with van der Waals surface area (Å²) in [6, 6.07) is 8.64. The molecule has 0 spiro atoms. The first kappa shape index (κ1) is 17.1. The van der Waals surface area contributed by atoms with Crippen LogP contribution in [-0.2, 0) is 0 Å². The van der Waals surface area contributed by atoms with E-state index in [1.54, 1.807) is 0 Å². The van der Waals surface area contributed by atoms with E-state index in [1.165, 1.54) is 57.3 Å². The zero-order valence-electron chi connectivity index (χ0n) is 14.3. The summed E-state index contributed by atoms with van der Waals surface area (Å²) in [4.78, 5) is 2.48. The number of rotatable bonds is 10. The normalized spacial score (nSPS) is 17.9. The lowest BCUT2D eigenvalue weighted by molar-refractivity contribution is 0.304. The Morgan fingerprint density at radius 2 is 1.91 bits per heavy atom.